The van der Waals surface area contributed by atoms with Gasteiger partial charge in [0.25, 0.3) is 0 Å². The molecule has 1 unspecified atom stereocenters. The van der Waals surface area contributed by atoms with E-state index >= 15 is 0 Å². The van der Waals surface area contributed by atoms with E-state index in [9.17, 15) is 4.79 Å². The van der Waals surface area contributed by atoms with E-state index in [1.54, 1.807) is 0 Å². The summed E-state index contributed by atoms with van der Waals surface area (Å²) >= 11 is 0. The van der Waals surface area contributed by atoms with Gasteiger partial charge in [-0.25, -0.2) is 0 Å². The molecule has 3 N–H and O–H groups in total. The number of nitrogens with one attached hydrogen (secondary N) is 1. The summed E-state index contributed by atoms with van der Waals surface area (Å²) in [5, 5.41) is 2.89. The number of carbonyl (C=O) groups excluding carboxylic acids is 1. The van der Waals surface area contributed by atoms with Crippen molar-refractivity contribution in [2.24, 2.45) is 11.7 Å². The van der Waals surface area contributed by atoms with Crippen LogP contribution in [-0.2, 0) is 11.3 Å². The first-order chi connectivity index (χ1) is 7.19. The monoisotopic (exact) mass is 206 g/mol. The average Bonchev–Trinajstić information content (AvgIpc) is 2.28. The lowest BCUT2D eigenvalue weighted by atomic mass is 10.1. The van der Waals surface area contributed by atoms with Crippen molar-refractivity contribution in [1.82, 2.24) is 0 Å². The lowest BCUT2D eigenvalue weighted by molar-refractivity contribution is -0.119. The summed E-state index contributed by atoms with van der Waals surface area (Å²) in [5.41, 5.74) is 7.37. The molecule has 0 saturated carbocycles. The Morgan fingerprint density at radius 3 is 2.73 bits per heavy atom. The number of hydrogen-bond acceptors (Lipinski definition) is 2. The van der Waals surface area contributed by atoms with Gasteiger partial charge in [-0.3, -0.25) is 4.79 Å². The van der Waals surface area contributed by atoms with Crippen LogP contribution in [0.4, 0.5) is 5.69 Å². The summed E-state index contributed by atoms with van der Waals surface area (Å²) < 4.78 is 0. The summed E-state index contributed by atoms with van der Waals surface area (Å²) in [6.07, 6.45) is 0.844. The number of nitrogens with two attached hydrogens (primary N) is 1. The minimum Gasteiger partial charge on any atom is -0.326 e. The zero-order valence-electron chi connectivity index (χ0n) is 9.29. The zero-order valence-corrected chi connectivity index (χ0v) is 9.29. The smallest absolute Gasteiger partial charge is 0.227 e. The van der Waals surface area contributed by atoms with E-state index in [1.165, 1.54) is 0 Å². The highest BCUT2D eigenvalue weighted by Crippen LogP contribution is 2.15. The maximum Gasteiger partial charge on any atom is 0.227 e. The molecule has 82 valence electrons. The number of para-hydroxylation sites is 1. The molecule has 15 heavy (non-hydrogen) atoms. The molecule has 1 rings (SSSR count). The highest BCUT2D eigenvalue weighted by atomic mass is 16.1. The lowest BCUT2D eigenvalue weighted by Crippen LogP contribution is -2.20. The lowest BCUT2D eigenvalue weighted by Gasteiger charge is -2.12. The third-order valence-electron chi connectivity index (χ3n) is 2.56. The molecule has 1 aromatic carbocycles. The quantitative estimate of drug-likeness (QED) is 0.793. The van der Waals surface area contributed by atoms with Gasteiger partial charge >= 0.3 is 0 Å². The third kappa shape index (κ3) is 3.06. The van der Waals surface area contributed by atoms with Gasteiger partial charge in [0.2, 0.25) is 5.91 Å². The Morgan fingerprint density at radius 1 is 1.47 bits per heavy atom. The topological polar surface area (TPSA) is 55.1 Å². The molecule has 0 aliphatic carbocycles. The van der Waals surface area contributed by atoms with Gasteiger partial charge in [0.1, 0.15) is 0 Å². The van der Waals surface area contributed by atoms with E-state index in [-0.39, 0.29) is 11.8 Å². The van der Waals surface area contributed by atoms with Crippen LogP contribution in [0.25, 0.3) is 0 Å². The van der Waals surface area contributed by atoms with E-state index in [0.717, 1.165) is 17.7 Å². The van der Waals surface area contributed by atoms with Gasteiger partial charge < -0.3 is 11.1 Å². The predicted octanol–water partition coefficient (Wildman–Crippen LogP) is 2.13. The van der Waals surface area contributed by atoms with Crippen LogP contribution in [0.5, 0.6) is 0 Å². The van der Waals surface area contributed by atoms with E-state index in [2.05, 4.69) is 5.32 Å². The normalized spacial score (nSPS) is 12.2. The van der Waals surface area contributed by atoms with Crippen molar-refractivity contribution in [2.75, 3.05) is 5.32 Å². The highest BCUT2D eigenvalue weighted by Gasteiger charge is 2.11. The van der Waals surface area contributed by atoms with Crippen LogP contribution in [0, 0.1) is 5.92 Å². The fraction of sp³-hybridized carbons (Fsp3) is 0.417. The second kappa shape index (κ2) is 5.51. The van der Waals surface area contributed by atoms with Gasteiger partial charge in [-0.1, -0.05) is 32.0 Å². The predicted molar refractivity (Wildman–Crippen MR) is 62.4 cm³/mol. The summed E-state index contributed by atoms with van der Waals surface area (Å²) in [6, 6.07) is 7.61. The molecule has 1 atom stereocenters. The van der Waals surface area contributed by atoms with Crippen LogP contribution in [-0.4, -0.2) is 5.91 Å². The molecule has 0 aliphatic heterocycles. The first-order valence-corrected chi connectivity index (χ1v) is 5.27. The van der Waals surface area contributed by atoms with Crippen molar-refractivity contribution in [2.45, 2.75) is 26.8 Å². The maximum atomic E-state index is 11.7. The zero-order chi connectivity index (χ0) is 11.3. The Labute approximate surface area is 90.7 Å². The van der Waals surface area contributed by atoms with Crippen LogP contribution in [0.2, 0.25) is 0 Å². The Kier molecular flexibility index (Phi) is 4.31. The van der Waals surface area contributed by atoms with E-state index in [4.69, 9.17) is 5.73 Å². The molecule has 0 bridgehead atoms. The van der Waals surface area contributed by atoms with Crippen LogP contribution in [0.1, 0.15) is 25.8 Å². The first kappa shape index (κ1) is 11.7. The van der Waals surface area contributed by atoms with Gasteiger partial charge in [0.05, 0.1) is 0 Å². The van der Waals surface area contributed by atoms with E-state index in [1.807, 2.05) is 38.1 Å². The van der Waals surface area contributed by atoms with Gasteiger partial charge in [-0.15, -0.1) is 0 Å². The van der Waals surface area contributed by atoms with Crippen LogP contribution in [0.3, 0.4) is 0 Å². The van der Waals surface area contributed by atoms with Gasteiger partial charge in [0.15, 0.2) is 0 Å². The number of hydrogen-bond donors (Lipinski definition) is 2. The third-order valence-corrected chi connectivity index (χ3v) is 2.56. The summed E-state index contributed by atoms with van der Waals surface area (Å²) in [7, 11) is 0. The summed E-state index contributed by atoms with van der Waals surface area (Å²) in [4.78, 5) is 11.7. The molecule has 0 heterocycles. The van der Waals surface area contributed by atoms with E-state index < -0.39 is 0 Å². The maximum absolute atomic E-state index is 11.7. The largest absolute Gasteiger partial charge is 0.326 e. The molecule has 0 spiro atoms. The number of rotatable bonds is 4. The molecule has 0 radical (unpaired) electrons. The molecule has 0 fully saturated rings. The number of anilines is 1. The number of amides is 1. The van der Waals surface area contributed by atoms with Crippen molar-refractivity contribution in [1.29, 1.82) is 0 Å². The van der Waals surface area contributed by atoms with Crippen molar-refractivity contribution < 1.29 is 4.79 Å². The van der Waals surface area contributed by atoms with Gasteiger partial charge in [-0.05, 0) is 18.1 Å². The van der Waals surface area contributed by atoms with Crippen LogP contribution < -0.4 is 11.1 Å². The fourth-order valence-corrected chi connectivity index (χ4v) is 1.26. The minimum absolute atomic E-state index is 0.0378. The van der Waals surface area contributed by atoms with Crippen molar-refractivity contribution in [3.8, 4) is 0 Å². The number of benzene rings is 1. The summed E-state index contributed by atoms with van der Waals surface area (Å²) in [6.45, 7) is 4.36. The molecule has 1 amide bonds. The van der Waals surface area contributed by atoms with Gasteiger partial charge in [0, 0.05) is 18.2 Å². The highest BCUT2D eigenvalue weighted by molar-refractivity contribution is 5.92. The second-order valence-corrected chi connectivity index (χ2v) is 3.66. The Balaban J connectivity index is 2.76. The Bertz CT molecular complexity index is 336. The molecule has 3 nitrogen and oxygen atoms in total. The Hall–Kier alpha value is -1.35. The first-order valence-electron chi connectivity index (χ1n) is 5.27. The minimum atomic E-state index is 0.0378. The fourth-order valence-electron chi connectivity index (χ4n) is 1.26. The average molecular weight is 206 g/mol. The van der Waals surface area contributed by atoms with Crippen molar-refractivity contribution in [3.63, 3.8) is 0 Å². The molecular weight excluding hydrogens is 188 g/mol. The standard InChI is InChI=1S/C12H18N2O/c1-3-9(2)12(15)14-11-7-5-4-6-10(11)8-13/h4-7,9H,3,8,13H2,1-2H3,(H,14,15). The molecule has 1 aromatic rings. The molecular formula is C12H18N2O. The molecule has 3 heteroatoms. The molecule has 0 aromatic heterocycles. The van der Waals surface area contributed by atoms with Crippen molar-refractivity contribution in [3.05, 3.63) is 29.8 Å². The van der Waals surface area contributed by atoms with Crippen LogP contribution >= 0.6 is 0 Å². The second-order valence-electron chi connectivity index (χ2n) is 3.66. The van der Waals surface area contributed by atoms with Gasteiger partial charge in [-0.2, -0.15) is 0 Å². The Morgan fingerprint density at radius 2 is 2.13 bits per heavy atom. The molecule has 0 aliphatic rings. The van der Waals surface area contributed by atoms with Crippen molar-refractivity contribution >= 4 is 11.6 Å². The SMILES string of the molecule is CCC(C)C(=O)Nc1ccccc1CN. The summed E-state index contributed by atoms with van der Waals surface area (Å²) in [5.74, 6) is 0.0919. The molecule has 0 saturated heterocycles. The van der Waals surface area contributed by atoms with Crippen LogP contribution in [0.15, 0.2) is 24.3 Å². The number of carbonyl (C=O) groups is 1. The van der Waals surface area contributed by atoms with E-state index in [0.29, 0.717) is 6.54 Å².